The molecular formula is C29H43N3O3. The summed E-state index contributed by atoms with van der Waals surface area (Å²) in [6, 6.07) is 16.4. The van der Waals surface area contributed by atoms with Crippen molar-refractivity contribution in [3.05, 3.63) is 65.7 Å². The summed E-state index contributed by atoms with van der Waals surface area (Å²) in [5.74, 6) is 0.985. The smallest absolute Gasteiger partial charge is 0.237 e. The lowest BCUT2D eigenvalue weighted by Crippen LogP contribution is -2.45. The first-order chi connectivity index (χ1) is 16.7. The first-order valence-corrected chi connectivity index (χ1v) is 12.8. The van der Waals surface area contributed by atoms with Crippen molar-refractivity contribution in [1.29, 1.82) is 0 Å². The molecule has 6 nitrogen and oxygen atoms in total. The second-order valence-corrected chi connectivity index (χ2v) is 9.95. The Balaban J connectivity index is 2.11. The number of ether oxygens (including phenoxy) is 1. The molecular weight excluding hydrogens is 438 g/mol. The maximum Gasteiger partial charge on any atom is 0.237 e. The van der Waals surface area contributed by atoms with Crippen molar-refractivity contribution in [2.24, 2.45) is 17.6 Å². The molecule has 0 saturated carbocycles. The molecule has 0 aliphatic rings. The molecule has 4 atom stereocenters. The zero-order valence-electron chi connectivity index (χ0n) is 21.9. The lowest BCUT2D eigenvalue weighted by molar-refractivity contribution is -0.125. The third kappa shape index (κ3) is 9.73. The zero-order chi connectivity index (χ0) is 25.8. The average Bonchev–Trinajstić information content (AvgIpc) is 2.85. The highest BCUT2D eigenvalue weighted by atomic mass is 16.5. The second kappa shape index (κ2) is 14.5. The summed E-state index contributed by atoms with van der Waals surface area (Å²) in [4.78, 5) is 25.6. The van der Waals surface area contributed by atoms with Gasteiger partial charge in [0.1, 0.15) is 5.75 Å². The SMILES string of the molecule is CCCC(C)COc1ccc([C@H](CNC(=O)[C@H](N)CC(C)C)NC(=O)C(C)c2ccccc2)cc1. The molecule has 0 aliphatic heterocycles. The highest BCUT2D eigenvalue weighted by Gasteiger charge is 2.22. The standard InChI is InChI=1S/C29H43N3O3/c1-6-10-21(4)19-35-25-15-13-24(14-16-25)27(18-31-29(34)26(30)17-20(2)3)32-28(33)22(5)23-11-8-7-9-12-23/h7-9,11-16,20-22,26-27H,6,10,17-19,30H2,1-5H3,(H,31,34)(H,32,33)/t21?,22?,26-,27+/m1/s1. The van der Waals surface area contributed by atoms with Gasteiger partial charge in [-0.2, -0.15) is 0 Å². The lowest BCUT2D eigenvalue weighted by Gasteiger charge is -2.24. The summed E-state index contributed by atoms with van der Waals surface area (Å²) in [6.45, 7) is 11.2. The fourth-order valence-corrected chi connectivity index (χ4v) is 4.00. The van der Waals surface area contributed by atoms with E-state index in [0.717, 1.165) is 29.7 Å². The van der Waals surface area contributed by atoms with Gasteiger partial charge in [0.15, 0.2) is 0 Å². The number of benzene rings is 2. The van der Waals surface area contributed by atoms with E-state index in [4.69, 9.17) is 10.5 Å². The molecule has 2 amide bonds. The predicted octanol–water partition coefficient (Wildman–Crippen LogP) is 4.95. The minimum Gasteiger partial charge on any atom is -0.493 e. The summed E-state index contributed by atoms with van der Waals surface area (Å²) in [5, 5.41) is 6.05. The van der Waals surface area contributed by atoms with Crippen LogP contribution in [-0.2, 0) is 9.59 Å². The van der Waals surface area contributed by atoms with Crippen molar-refractivity contribution in [2.45, 2.75) is 71.9 Å². The molecule has 192 valence electrons. The van der Waals surface area contributed by atoms with Gasteiger partial charge in [0.05, 0.1) is 24.6 Å². The van der Waals surface area contributed by atoms with Gasteiger partial charge in [0.2, 0.25) is 11.8 Å². The molecule has 4 N–H and O–H groups in total. The van der Waals surface area contributed by atoms with Gasteiger partial charge in [-0.25, -0.2) is 0 Å². The molecule has 2 unspecified atom stereocenters. The van der Waals surface area contributed by atoms with E-state index in [1.165, 1.54) is 0 Å². The third-order valence-electron chi connectivity index (χ3n) is 6.15. The van der Waals surface area contributed by atoms with E-state index < -0.39 is 12.1 Å². The van der Waals surface area contributed by atoms with Crippen LogP contribution in [0.5, 0.6) is 5.75 Å². The van der Waals surface area contributed by atoms with E-state index in [1.807, 2.05) is 75.4 Å². The van der Waals surface area contributed by atoms with E-state index in [0.29, 0.717) is 24.9 Å². The maximum atomic E-state index is 13.1. The van der Waals surface area contributed by atoms with Crippen LogP contribution < -0.4 is 21.1 Å². The van der Waals surface area contributed by atoms with Gasteiger partial charge in [-0.1, -0.05) is 76.6 Å². The van der Waals surface area contributed by atoms with Crippen LogP contribution in [0.3, 0.4) is 0 Å². The van der Waals surface area contributed by atoms with E-state index in [9.17, 15) is 9.59 Å². The number of nitrogens with two attached hydrogens (primary N) is 1. The number of hydrogen-bond acceptors (Lipinski definition) is 4. The topological polar surface area (TPSA) is 93.4 Å². The Morgan fingerprint density at radius 1 is 0.914 bits per heavy atom. The Morgan fingerprint density at radius 2 is 1.57 bits per heavy atom. The molecule has 2 aromatic rings. The molecule has 6 heteroatoms. The molecule has 0 radical (unpaired) electrons. The highest BCUT2D eigenvalue weighted by molar-refractivity contribution is 5.84. The van der Waals surface area contributed by atoms with E-state index in [-0.39, 0.29) is 24.3 Å². The van der Waals surface area contributed by atoms with Crippen LogP contribution in [0.2, 0.25) is 0 Å². The van der Waals surface area contributed by atoms with Gasteiger partial charge >= 0.3 is 0 Å². The maximum absolute atomic E-state index is 13.1. The van der Waals surface area contributed by atoms with Gasteiger partial charge in [0.25, 0.3) is 0 Å². The fraction of sp³-hybridized carbons (Fsp3) is 0.517. The number of carbonyl (C=O) groups is 2. The normalized spacial score (nSPS) is 14.6. The fourth-order valence-electron chi connectivity index (χ4n) is 4.00. The summed E-state index contributed by atoms with van der Waals surface area (Å²) in [6.07, 6.45) is 2.87. The van der Waals surface area contributed by atoms with Crippen LogP contribution in [0.15, 0.2) is 54.6 Å². The number of nitrogens with one attached hydrogen (secondary N) is 2. The molecule has 0 spiro atoms. The molecule has 2 rings (SSSR count). The van der Waals surface area contributed by atoms with Crippen LogP contribution >= 0.6 is 0 Å². The molecule has 0 fully saturated rings. The lowest BCUT2D eigenvalue weighted by atomic mass is 9.99. The van der Waals surface area contributed by atoms with Crippen molar-refractivity contribution in [2.75, 3.05) is 13.2 Å². The van der Waals surface area contributed by atoms with Crippen LogP contribution in [0.1, 0.15) is 77.0 Å². The van der Waals surface area contributed by atoms with Gasteiger partial charge < -0.3 is 21.1 Å². The van der Waals surface area contributed by atoms with Gasteiger partial charge in [0, 0.05) is 6.54 Å². The first-order valence-electron chi connectivity index (χ1n) is 12.8. The Bertz CT molecular complexity index is 899. The van der Waals surface area contributed by atoms with E-state index >= 15 is 0 Å². The molecule has 0 bridgehead atoms. The summed E-state index contributed by atoms with van der Waals surface area (Å²) in [7, 11) is 0. The summed E-state index contributed by atoms with van der Waals surface area (Å²) >= 11 is 0. The van der Waals surface area contributed by atoms with Crippen LogP contribution in [0, 0.1) is 11.8 Å². The molecule has 2 aromatic carbocycles. The second-order valence-electron chi connectivity index (χ2n) is 9.95. The average molecular weight is 482 g/mol. The monoisotopic (exact) mass is 481 g/mol. The van der Waals surface area contributed by atoms with Gasteiger partial charge in [-0.3, -0.25) is 9.59 Å². The number of amides is 2. The Labute approximate surface area is 211 Å². The van der Waals surface area contributed by atoms with Crippen LogP contribution in [0.4, 0.5) is 0 Å². The van der Waals surface area contributed by atoms with Crippen molar-refractivity contribution < 1.29 is 14.3 Å². The Hall–Kier alpha value is -2.86. The summed E-state index contributed by atoms with van der Waals surface area (Å²) < 4.78 is 5.93. The van der Waals surface area contributed by atoms with Crippen molar-refractivity contribution in [3.8, 4) is 5.75 Å². The molecule has 0 aromatic heterocycles. The van der Waals surface area contributed by atoms with E-state index in [2.05, 4.69) is 24.5 Å². The van der Waals surface area contributed by atoms with Crippen molar-refractivity contribution in [1.82, 2.24) is 10.6 Å². The minimum atomic E-state index is -0.574. The van der Waals surface area contributed by atoms with Crippen LogP contribution in [0.25, 0.3) is 0 Å². The largest absolute Gasteiger partial charge is 0.493 e. The summed E-state index contributed by atoms with van der Waals surface area (Å²) in [5.41, 5.74) is 7.89. The highest BCUT2D eigenvalue weighted by Crippen LogP contribution is 2.21. The molecule has 0 heterocycles. The van der Waals surface area contributed by atoms with Crippen molar-refractivity contribution >= 4 is 11.8 Å². The van der Waals surface area contributed by atoms with Gasteiger partial charge in [-0.15, -0.1) is 0 Å². The van der Waals surface area contributed by atoms with Crippen LogP contribution in [-0.4, -0.2) is 31.0 Å². The number of rotatable bonds is 14. The number of carbonyl (C=O) groups excluding carboxylic acids is 2. The zero-order valence-corrected chi connectivity index (χ0v) is 21.9. The van der Waals surface area contributed by atoms with Crippen molar-refractivity contribution in [3.63, 3.8) is 0 Å². The molecule has 35 heavy (non-hydrogen) atoms. The molecule has 0 saturated heterocycles. The quantitative estimate of drug-likeness (QED) is 0.356. The molecule has 0 aliphatic carbocycles. The Kier molecular flexibility index (Phi) is 11.8. The third-order valence-corrected chi connectivity index (χ3v) is 6.15. The number of hydrogen-bond donors (Lipinski definition) is 3. The predicted molar refractivity (Wildman–Crippen MR) is 142 cm³/mol. The van der Waals surface area contributed by atoms with Gasteiger partial charge in [-0.05, 0) is 54.9 Å². The Morgan fingerprint density at radius 3 is 2.17 bits per heavy atom. The van der Waals surface area contributed by atoms with E-state index in [1.54, 1.807) is 0 Å². The first kappa shape index (κ1) is 28.4. The minimum absolute atomic E-state index is 0.101.